The molecule has 0 saturated heterocycles. The molecule has 3 rings (SSSR count). The van der Waals surface area contributed by atoms with Crippen LogP contribution in [-0.4, -0.2) is 5.91 Å². The summed E-state index contributed by atoms with van der Waals surface area (Å²) >= 11 is 0. The van der Waals surface area contributed by atoms with Gasteiger partial charge in [0, 0.05) is 22.7 Å². The number of amides is 1. The fourth-order valence-electron chi connectivity index (χ4n) is 2.49. The van der Waals surface area contributed by atoms with Crippen molar-refractivity contribution >= 4 is 22.6 Å². The van der Waals surface area contributed by atoms with Crippen LogP contribution in [0.25, 0.3) is 22.3 Å². The van der Waals surface area contributed by atoms with Crippen molar-refractivity contribution < 1.29 is 9.21 Å². The number of aryl methyl sites for hydroxylation is 1. The quantitative estimate of drug-likeness (QED) is 0.735. The van der Waals surface area contributed by atoms with E-state index in [1.165, 1.54) is 6.07 Å². The van der Waals surface area contributed by atoms with Gasteiger partial charge >= 0.3 is 0 Å². The summed E-state index contributed by atoms with van der Waals surface area (Å²) < 4.78 is 5.90. The molecule has 1 aromatic heterocycles. The zero-order valence-corrected chi connectivity index (χ0v) is 14.8. The second-order valence-electron chi connectivity index (χ2n) is 7.26. The fourth-order valence-corrected chi connectivity index (χ4v) is 2.49. The van der Waals surface area contributed by atoms with E-state index in [0.29, 0.717) is 22.4 Å². The molecule has 1 N–H and O–H groups in total. The summed E-state index contributed by atoms with van der Waals surface area (Å²) in [6.45, 7) is 7.51. The minimum Gasteiger partial charge on any atom is -0.456 e. The molecule has 0 atom stereocenters. The van der Waals surface area contributed by atoms with Gasteiger partial charge in [-0.25, -0.2) is 0 Å². The van der Waals surface area contributed by atoms with E-state index in [1.807, 2.05) is 52.0 Å². The second kappa shape index (κ2) is 6.20. The molecule has 1 amide bonds. The van der Waals surface area contributed by atoms with Gasteiger partial charge in [0.25, 0.3) is 0 Å². The van der Waals surface area contributed by atoms with Crippen molar-refractivity contribution in [2.45, 2.75) is 27.7 Å². The van der Waals surface area contributed by atoms with Gasteiger partial charge in [-0.3, -0.25) is 9.59 Å². The minimum atomic E-state index is -0.505. The maximum atomic E-state index is 12.5. The van der Waals surface area contributed by atoms with Crippen LogP contribution in [0.3, 0.4) is 0 Å². The summed E-state index contributed by atoms with van der Waals surface area (Å²) in [7, 11) is 0. The number of carbonyl (C=O) groups excluding carboxylic acids is 1. The highest BCUT2D eigenvalue weighted by Gasteiger charge is 2.21. The van der Waals surface area contributed by atoms with Crippen LogP contribution in [0.1, 0.15) is 26.3 Å². The number of anilines is 1. The molecule has 0 fully saturated rings. The van der Waals surface area contributed by atoms with Crippen LogP contribution in [-0.2, 0) is 4.79 Å². The first-order valence-corrected chi connectivity index (χ1v) is 8.20. The van der Waals surface area contributed by atoms with Crippen molar-refractivity contribution in [1.29, 1.82) is 0 Å². The minimum absolute atomic E-state index is 0.104. The van der Waals surface area contributed by atoms with Crippen LogP contribution in [0.5, 0.6) is 0 Å². The SMILES string of the molecule is Cc1cccc(-c2cc(=O)c3cc(NC(=O)C(C)(C)C)ccc3o2)c1. The Balaban J connectivity index is 2.02. The molecule has 0 aliphatic rings. The molecule has 2 aromatic carbocycles. The van der Waals surface area contributed by atoms with E-state index in [-0.39, 0.29) is 11.3 Å². The van der Waals surface area contributed by atoms with Gasteiger partial charge in [0.05, 0.1) is 5.39 Å². The third-order valence-corrected chi connectivity index (χ3v) is 3.97. The molecule has 3 aromatic rings. The average molecular weight is 335 g/mol. The normalized spacial score (nSPS) is 11.5. The third kappa shape index (κ3) is 3.63. The van der Waals surface area contributed by atoms with Crippen molar-refractivity contribution in [3.05, 3.63) is 64.3 Å². The van der Waals surface area contributed by atoms with Crippen molar-refractivity contribution in [3.8, 4) is 11.3 Å². The highest BCUT2D eigenvalue weighted by molar-refractivity contribution is 5.96. The number of fused-ring (bicyclic) bond motifs is 1. The summed E-state index contributed by atoms with van der Waals surface area (Å²) in [5.41, 5.74) is 2.41. The van der Waals surface area contributed by atoms with E-state index in [1.54, 1.807) is 18.2 Å². The van der Waals surface area contributed by atoms with Crippen molar-refractivity contribution in [1.82, 2.24) is 0 Å². The lowest BCUT2D eigenvalue weighted by atomic mass is 9.95. The van der Waals surface area contributed by atoms with Crippen LogP contribution in [0.4, 0.5) is 5.69 Å². The summed E-state index contributed by atoms with van der Waals surface area (Å²) in [4.78, 5) is 24.6. The largest absolute Gasteiger partial charge is 0.456 e. The van der Waals surface area contributed by atoms with E-state index in [2.05, 4.69) is 5.32 Å². The Morgan fingerprint density at radius 2 is 1.80 bits per heavy atom. The van der Waals surface area contributed by atoms with Gasteiger partial charge in [0.1, 0.15) is 11.3 Å². The summed E-state index contributed by atoms with van der Waals surface area (Å²) in [5, 5.41) is 3.28. The van der Waals surface area contributed by atoms with Crippen molar-refractivity contribution in [3.63, 3.8) is 0 Å². The first-order valence-electron chi connectivity index (χ1n) is 8.20. The highest BCUT2D eigenvalue weighted by Crippen LogP contribution is 2.25. The van der Waals surface area contributed by atoms with Crippen molar-refractivity contribution in [2.24, 2.45) is 5.41 Å². The van der Waals surface area contributed by atoms with Gasteiger partial charge in [-0.05, 0) is 31.2 Å². The molecule has 0 spiro atoms. The van der Waals surface area contributed by atoms with Gasteiger partial charge in [-0.1, -0.05) is 44.5 Å². The van der Waals surface area contributed by atoms with Gasteiger partial charge in [0.2, 0.25) is 5.91 Å². The zero-order chi connectivity index (χ0) is 18.2. The molecular weight excluding hydrogens is 314 g/mol. The Labute approximate surface area is 146 Å². The molecular formula is C21H21NO3. The van der Waals surface area contributed by atoms with Crippen LogP contribution in [0.15, 0.2) is 57.7 Å². The molecule has 0 unspecified atom stereocenters. The molecule has 25 heavy (non-hydrogen) atoms. The zero-order valence-electron chi connectivity index (χ0n) is 14.8. The lowest BCUT2D eigenvalue weighted by Gasteiger charge is -2.17. The Kier molecular flexibility index (Phi) is 4.21. The fraction of sp³-hybridized carbons (Fsp3) is 0.238. The smallest absolute Gasteiger partial charge is 0.229 e. The average Bonchev–Trinajstić information content (AvgIpc) is 2.54. The standard InChI is InChI=1S/C21H21NO3/c1-13-6-5-7-14(10-13)19-12-17(23)16-11-15(8-9-18(16)25-19)22-20(24)21(2,3)4/h5-12H,1-4H3,(H,22,24). The van der Waals surface area contributed by atoms with Gasteiger partial charge < -0.3 is 9.73 Å². The second-order valence-corrected chi connectivity index (χ2v) is 7.26. The number of rotatable bonds is 2. The molecule has 4 heteroatoms. The first-order chi connectivity index (χ1) is 11.7. The molecule has 0 radical (unpaired) electrons. The van der Waals surface area contributed by atoms with E-state index < -0.39 is 5.41 Å². The molecule has 1 heterocycles. The van der Waals surface area contributed by atoms with Crippen LogP contribution in [0, 0.1) is 12.3 Å². The maximum absolute atomic E-state index is 12.5. The highest BCUT2D eigenvalue weighted by atomic mass is 16.3. The predicted molar refractivity (Wildman–Crippen MR) is 101 cm³/mol. The van der Waals surface area contributed by atoms with E-state index >= 15 is 0 Å². The van der Waals surface area contributed by atoms with E-state index in [9.17, 15) is 9.59 Å². The molecule has 4 nitrogen and oxygen atoms in total. The molecule has 0 aliphatic heterocycles. The number of carbonyl (C=O) groups is 1. The first kappa shape index (κ1) is 17.0. The van der Waals surface area contributed by atoms with Crippen molar-refractivity contribution in [2.75, 3.05) is 5.32 Å². The number of hydrogen-bond donors (Lipinski definition) is 1. The monoisotopic (exact) mass is 335 g/mol. The third-order valence-electron chi connectivity index (χ3n) is 3.97. The van der Waals surface area contributed by atoms with Gasteiger partial charge in [-0.15, -0.1) is 0 Å². The summed E-state index contributed by atoms with van der Waals surface area (Å²) in [5.74, 6) is 0.431. The van der Waals surface area contributed by atoms with Crippen LogP contribution in [0.2, 0.25) is 0 Å². The summed E-state index contributed by atoms with van der Waals surface area (Å²) in [6, 6.07) is 14.4. The summed E-state index contributed by atoms with van der Waals surface area (Å²) in [6.07, 6.45) is 0. The van der Waals surface area contributed by atoms with E-state index in [0.717, 1.165) is 11.1 Å². The van der Waals surface area contributed by atoms with Crippen LogP contribution < -0.4 is 10.7 Å². The molecule has 0 aliphatic carbocycles. The van der Waals surface area contributed by atoms with Crippen LogP contribution >= 0.6 is 0 Å². The molecule has 128 valence electrons. The number of hydrogen-bond acceptors (Lipinski definition) is 3. The lowest BCUT2D eigenvalue weighted by Crippen LogP contribution is -2.27. The molecule has 0 saturated carbocycles. The predicted octanol–water partition coefficient (Wildman–Crippen LogP) is 4.75. The Morgan fingerprint density at radius 1 is 1.04 bits per heavy atom. The number of benzene rings is 2. The van der Waals surface area contributed by atoms with Gasteiger partial charge in [0.15, 0.2) is 5.43 Å². The number of nitrogens with one attached hydrogen (secondary N) is 1. The Hall–Kier alpha value is -2.88. The Bertz CT molecular complexity index is 1010. The lowest BCUT2D eigenvalue weighted by molar-refractivity contribution is -0.123. The topological polar surface area (TPSA) is 59.3 Å². The molecule has 0 bridgehead atoms. The van der Waals surface area contributed by atoms with Gasteiger partial charge in [-0.2, -0.15) is 0 Å². The maximum Gasteiger partial charge on any atom is 0.229 e. The Morgan fingerprint density at radius 3 is 2.48 bits per heavy atom. The van der Waals surface area contributed by atoms with E-state index in [4.69, 9.17) is 4.42 Å².